The second kappa shape index (κ2) is 5.21. The van der Waals surface area contributed by atoms with E-state index in [0.29, 0.717) is 5.69 Å². The highest BCUT2D eigenvalue weighted by Gasteiger charge is 2.01. The lowest BCUT2D eigenvalue weighted by atomic mass is 10.2. The minimum Gasteiger partial charge on any atom is -0.370 e. The molecular weight excluding hydrogens is 242 g/mol. The van der Waals surface area contributed by atoms with Gasteiger partial charge < -0.3 is 21.8 Å². The van der Waals surface area contributed by atoms with E-state index >= 15 is 0 Å². The first-order valence-electron chi connectivity index (χ1n) is 5.59. The Balaban J connectivity index is 2.33. The second-order valence-electron chi connectivity index (χ2n) is 3.95. The van der Waals surface area contributed by atoms with Gasteiger partial charge in [0, 0.05) is 18.1 Å². The van der Waals surface area contributed by atoms with Crippen LogP contribution in [0.1, 0.15) is 5.56 Å². The number of aliphatic imine (C=N–C) groups is 2. The molecule has 19 heavy (non-hydrogen) atoms. The maximum Gasteiger partial charge on any atom is 0.223 e. The maximum atomic E-state index is 5.60. The van der Waals surface area contributed by atoms with Crippen molar-refractivity contribution in [3.8, 4) is 5.69 Å². The largest absolute Gasteiger partial charge is 0.370 e. The zero-order valence-electron chi connectivity index (χ0n) is 10.5. The number of hydrogen-bond acceptors (Lipinski definition) is 2. The van der Waals surface area contributed by atoms with E-state index in [1.807, 2.05) is 35.9 Å². The number of guanidine groups is 2. The highest BCUT2D eigenvalue weighted by atomic mass is 15.1. The lowest BCUT2D eigenvalue weighted by Gasteiger charge is -2.06. The first-order chi connectivity index (χ1) is 9.06. The molecule has 0 aliphatic carbocycles. The molecule has 0 aliphatic heterocycles. The fourth-order valence-corrected chi connectivity index (χ4v) is 1.62. The monoisotopic (exact) mass is 257 g/mol. The normalized spacial score (nSPS) is 11.3. The quantitative estimate of drug-likeness (QED) is 0.532. The minimum absolute atomic E-state index is 0.0264. The molecule has 7 heteroatoms. The molecule has 1 heterocycles. The lowest BCUT2D eigenvalue weighted by Crippen LogP contribution is -2.26. The summed E-state index contributed by atoms with van der Waals surface area (Å²) in [4.78, 5) is 11.8. The van der Waals surface area contributed by atoms with Crippen LogP contribution < -0.4 is 17.2 Å². The van der Waals surface area contributed by atoms with Crippen molar-refractivity contribution < 1.29 is 0 Å². The van der Waals surface area contributed by atoms with Gasteiger partial charge in [-0.25, -0.2) is 9.98 Å². The molecule has 7 nitrogen and oxygen atoms in total. The molecule has 0 bridgehead atoms. The molecule has 0 unspecified atom stereocenters. The zero-order valence-corrected chi connectivity index (χ0v) is 10.5. The van der Waals surface area contributed by atoms with Gasteiger partial charge in [0.1, 0.15) is 0 Å². The van der Waals surface area contributed by atoms with Gasteiger partial charge >= 0.3 is 0 Å². The second-order valence-corrected chi connectivity index (χ2v) is 3.95. The first kappa shape index (κ1) is 12.6. The van der Waals surface area contributed by atoms with Crippen LogP contribution in [0.25, 0.3) is 5.69 Å². The van der Waals surface area contributed by atoms with Crippen molar-refractivity contribution in [2.45, 2.75) is 6.92 Å². The molecule has 0 atom stereocenters. The van der Waals surface area contributed by atoms with E-state index in [-0.39, 0.29) is 11.9 Å². The predicted octanol–water partition coefficient (Wildman–Crippen LogP) is 0.400. The van der Waals surface area contributed by atoms with Crippen molar-refractivity contribution in [1.29, 1.82) is 0 Å². The summed E-state index contributed by atoms with van der Waals surface area (Å²) in [6.07, 6.45) is 5.31. The zero-order chi connectivity index (χ0) is 13.8. The van der Waals surface area contributed by atoms with Gasteiger partial charge in [0.05, 0.1) is 12.0 Å². The summed E-state index contributed by atoms with van der Waals surface area (Å²) in [6.45, 7) is 1.93. The smallest absolute Gasteiger partial charge is 0.223 e. The van der Waals surface area contributed by atoms with Crippen LogP contribution in [-0.2, 0) is 0 Å². The number of aryl methyl sites for hydroxylation is 1. The third kappa shape index (κ3) is 3.09. The Hall–Kier alpha value is -2.83. The summed E-state index contributed by atoms with van der Waals surface area (Å²) in [5.41, 5.74) is 18.7. The van der Waals surface area contributed by atoms with Gasteiger partial charge in [0.15, 0.2) is 5.96 Å². The Labute approximate surface area is 110 Å². The van der Waals surface area contributed by atoms with Crippen molar-refractivity contribution in [1.82, 2.24) is 9.55 Å². The summed E-state index contributed by atoms with van der Waals surface area (Å²) < 4.78 is 1.90. The molecular formula is C12H15N7. The van der Waals surface area contributed by atoms with E-state index in [2.05, 4.69) is 15.0 Å². The van der Waals surface area contributed by atoms with Crippen molar-refractivity contribution >= 4 is 17.6 Å². The summed E-state index contributed by atoms with van der Waals surface area (Å²) in [5, 5.41) is 0. The molecule has 1 aromatic carbocycles. The van der Waals surface area contributed by atoms with E-state index in [1.165, 1.54) is 0 Å². The van der Waals surface area contributed by atoms with Crippen LogP contribution in [0, 0.1) is 6.92 Å². The first-order valence-corrected chi connectivity index (χ1v) is 5.59. The van der Waals surface area contributed by atoms with Gasteiger partial charge in [-0.2, -0.15) is 4.99 Å². The minimum atomic E-state index is -0.117. The number of nitrogens with two attached hydrogens (primary N) is 3. The summed E-state index contributed by atoms with van der Waals surface area (Å²) in [5.74, 6) is -0.0904. The van der Waals surface area contributed by atoms with Crippen molar-refractivity contribution in [2.24, 2.45) is 27.2 Å². The third-order valence-corrected chi connectivity index (χ3v) is 2.46. The van der Waals surface area contributed by atoms with E-state index in [9.17, 15) is 0 Å². The molecule has 6 N–H and O–H groups in total. The van der Waals surface area contributed by atoms with Crippen LogP contribution in [0.2, 0.25) is 0 Å². The molecule has 0 saturated carbocycles. The predicted molar refractivity (Wildman–Crippen MR) is 75.4 cm³/mol. The highest BCUT2D eigenvalue weighted by molar-refractivity contribution is 5.93. The SMILES string of the molecule is Cc1cc(-n2ccnc2)ccc1N=C(N)N=C(N)N. The maximum absolute atomic E-state index is 5.60. The van der Waals surface area contributed by atoms with E-state index in [4.69, 9.17) is 17.2 Å². The standard InChI is InChI=1S/C12H15N7/c1-8-6-9(19-5-4-16-7-19)2-3-10(8)17-12(15)18-11(13)14/h2-7H,1H3,(H6,13,14,15,17,18). The number of nitrogens with zero attached hydrogens (tertiary/aromatic N) is 4. The van der Waals surface area contributed by atoms with E-state index in [1.54, 1.807) is 12.5 Å². The fourth-order valence-electron chi connectivity index (χ4n) is 1.62. The number of rotatable bonds is 2. The van der Waals surface area contributed by atoms with Crippen molar-refractivity contribution in [2.75, 3.05) is 0 Å². The molecule has 2 rings (SSSR count). The number of hydrogen-bond donors (Lipinski definition) is 3. The topological polar surface area (TPSA) is 121 Å². The molecule has 0 fully saturated rings. The molecule has 98 valence electrons. The van der Waals surface area contributed by atoms with Gasteiger partial charge in [-0.05, 0) is 30.7 Å². The van der Waals surface area contributed by atoms with E-state index in [0.717, 1.165) is 11.3 Å². The molecule has 2 aromatic rings. The van der Waals surface area contributed by atoms with Crippen LogP contribution >= 0.6 is 0 Å². The summed E-state index contributed by atoms with van der Waals surface area (Å²) in [6, 6.07) is 5.74. The van der Waals surface area contributed by atoms with Crippen LogP contribution in [0.4, 0.5) is 5.69 Å². The van der Waals surface area contributed by atoms with Gasteiger partial charge in [0.25, 0.3) is 0 Å². The van der Waals surface area contributed by atoms with Gasteiger partial charge in [-0.15, -0.1) is 0 Å². The Kier molecular flexibility index (Phi) is 3.46. The van der Waals surface area contributed by atoms with Gasteiger partial charge in [0.2, 0.25) is 5.96 Å². The molecule has 0 saturated heterocycles. The number of benzene rings is 1. The van der Waals surface area contributed by atoms with Gasteiger partial charge in [-0.1, -0.05) is 0 Å². The Morgan fingerprint density at radius 1 is 1.26 bits per heavy atom. The Morgan fingerprint density at radius 2 is 2.05 bits per heavy atom. The van der Waals surface area contributed by atoms with Crippen molar-refractivity contribution in [3.05, 3.63) is 42.5 Å². The average Bonchev–Trinajstić information content (AvgIpc) is 2.84. The third-order valence-electron chi connectivity index (χ3n) is 2.46. The highest BCUT2D eigenvalue weighted by Crippen LogP contribution is 2.21. The average molecular weight is 257 g/mol. The fraction of sp³-hybridized carbons (Fsp3) is 0.0833. The Bertz CT molecular complexity index is 622. The Morgan fingerprint density at radius 3 is 2.63 bits per heavy atom. The molecule has 0 spiro atoms. The van der Waals surface area contributed by atoms with Crippen LogP contribution in [0.5, 0.6) is 0 Å². The molecule has 0 aliphatic rings. The van der Waals surface area contributed by atoms with Gasteiger partial charge in [-0.3, -0.25) is 0 Å². The molecule has 0 radical (unpaired) electrons. The number of imidazole rings is 1. The van der Waals surface area contributed by atoms with E-state index < -0.39 is 0 Å². The van der Waals surface area contributed by atoms with Crippen molar-refractivity contribution in [3.63, 3.8) is 0 Å². The molecule has 0 amide bonds. The summed E-state index contributed by atoms with van der Waals surface area (Å²) >= 11 is 0. The number of aromatic nitrogens is 2. The molecule has 1 aromatic heterocycles. The summed E-state index contributed by atoms with van der Waals surface area (Å²) in [7, 11) is 0. The van der Waals surface area contributed by atoms with Crippen LogP contribution in [0.3, 0.4) is 0 Å². The van der Waals surface area contributed by atoms with Crippen LogP contribution in [0.15, 0.2) is 46.9 Å². The van der Waals surface area contributed by atoms with Crippen LogP contribution in [-0.4, -0.2) is 21.5 Å². The lowest BCUT2D eigenvalue weighted by molar-refractivity contribution is 1.05.